The van der Waals surface area contributed by atoms with Crippen LogP contribution in [0.25, 0.3) is 55.2 Å². The number of alkyl carbamates (subject to hydrolysis) is 1. The Kier molecular flexibility index (Phi) is 6.60. The van der Waals surface area contributed by atoms with Crippen molar-refractivity contribution in [2.24, 2.45) is 7.05 Å². The summed E-state index contributed by atoms with van der Waals surface area (Å²) in [5.41, 5.74) is 5.20. The van der Waals surface area contributed by atoms with E-state index in [9.17, 15) is 9.59 Å². The highest BCUT2D eigenvalue weighted by Gasteiger charge is 2.32. The zero-order valence-corrected chi connectivity index (χ0v) is 25.2. The fraction of sp³-hybridized carbons (Fsp3) is 0.355. The summed E-state index contributed by atoms with van der Waals surface area (Å²) >= 11 is 0. The topological polar surface area (TPSA) is 147 Å². The van der Waals surface area contributed by atoms with Gasteiger partial charge >= 0.3 is 11.8 Å². The lowest BCUT2D eigenvalue weighted by atomic mass is 9.98. The van der Waals surface area contributed by atoms with Gasteiger partial charge in [0.15, 0.2) is 5.65 Å². The first-order valence-electron chi connectivity index (χ1n) is 14.6. The number of hydrogen-bond acceptors (Lipinski definition) is 8. The molecule has 2 atom stereocenters. The molecule has 13 heteroatoms. The third kappa shape index (κ3) is 4.38. The number of amides is 1. The molecule has 0 bridgehead atoms. The maximum Gasteiger partial charge on any atom is 0.407 e. The molecule has 1 saturated carbocycles. The van der Waals surface area contributed by atoms with Gasteiger partial charge < -0.3 is 14.8 Å². The number of aryl methyl sites for hydroxylation is 1. The summed E-state index contributed by atoms with van der Waals surface area (Å²) < 4.78 is 16.0. The maximum absolute atomic E-state index is 13.8. The van der Waals surface area contributed by atoms with Crippen LogP contribution in [0.3, 0.4) is 0 Å². The third-order valence-corrected chi connectivity index (χ3v) is 8.49. The number of nitrogens with zero attached hydrogens (tertiary/aromatic N) is 7. The molecule has 0 spiro atoms. The SMILES string of the molecule is COC(=O)N[C@@H]1CC[C@@H](n2c(=O)[nH]c(OC)c3cnc4nc(-c5cnn(C)c5)c(-c5ccc6c(cnn6C(C)C)c5)c4c32)C1. The van der Waals surface area contributed by atoms with E-state index < -0.39 is 6.09 Å². The van der Waals surface area contributed by atoms with Gasteiger partial charge in [0.1, 0.15) is 0 Å². The average Bonchev–Trinajstić information content (AvgIpc) is 3.81. The molecule has 1 fully saturated rings. The van der Waals surface area contributed by atoms with Crippen LogP contribution in [0, 0.1) is 0 Å². The summed E-state index contributed by atoms with van der Waals surface area (Å²) in [6.07, 6.45) is 8.74. The Morgan fingerprint density at radius 2 is 1.95 bits per heavy atom. The Labute approximate surface area is 251 Å². The van der Waals surface area contributed by atoms with Crippen molar-refractivity contribution >= 4 is 38.9 Å². The largest absolute Gasteiger partial charge is 0.482 e. The van der Waals surface area contributed by atoms with E-state index in [-0.39, 0.29) is 23.8 Å². The van der Waals surface area contributed by atoms with Crippen LogP contribution in [0.15, 0.2) is 47.8 Å². The van der Waals surface area contributed by atoms with Crippen molar-refractivity contribution in [1.82, 2.24) is 44.4 Å². The van der Waals surface area contributed by atoms with Crippen molar-refractivity contribution in [3.63, 3.8) is 0 Å². The van der Waals surface area contributed by atoms with Crippen molar-refractivity contribution in [2.45, 2.75) is 51.2 Å². The quantitative estimate of drug-likeness (QED) is 0.281. The van der Waals surface area contributed by atoms with Crippen molar-refractivity contribution in [1.29, 1.82) is 0 Å². The second kappa shape index (κ2) is 10.5. The Morgan fingerprint density at radius 3 is 2.68 bits per heavy atom. The predicted octanol–water partition coefficient (Wildman–Crippen LogP) is 4.73. The number of aromatic nitrogens is 8. The molecule has 6 aromatic rings. The number of fused-ring (bicyclic) bond motifs is 4. The molecule has 1 aliphatic rings. The first-order chi connectivity index (χ1) is 21.3. The number of benzene rings is 1. The second-order valence-electron chi connectivity index (χ2n) is 11.5. The predicted molar refractivity (Wildman–Crippen MR) is 166 cm³/mol. The minimum Gasteiger partial charge on any atom is -0.482 e. The number of hydrogen-bond donors (Lipinski definition) is 2. The minimum absolute atomic E-state index is 0.128. The third-order valence-electron chi connectivity index (χ3n) is 8.49. The summed E-state index contributed by atoms with van der Waals surface area (Å²) in [6.45, 7) is 4.20. The number of rotatable bonds is 6. The number of pyridine rings is 1. The van der Waals surface area contributed by atoms with Gasteiger partial charge in [-0.3, -0.25) is 18.9 Å². The van der Waals surface area contributed by atoms with Crippen molar-refractivity contribution in [2.75, 3.05) is 14.2 Å². The number of carbonyl (C=O) groups is 1. The van der Waals surface area contributed by atoms with E-state index in [0.29, 0.717) is 47.4 Å². The van der Waals surface area contributed by atoms with E-state index in [2.05, 4.69) is 52.5 Å². The molecule has 2 N–H and O–H groups in total. The minimum atomic E-state index is -0.486. The number of nitrogens with one attached hydrogen (secondary N) is 2. The lowest BCUT2D eigenvalue weighted by Crippen LogP contribution is -2.33. The van der Waals surface area contributed by atoms with E-state index >= 15 is 0 Å². The second-order valence-corrected chi connectivity index (χ2v) is 11.5. The van der Waals surface area contributed by atoms with Crippen molar-refractivity contribution in [3.8, 4) is 28.3 Å². The number of methoxy groups -OCH3 is 2. The van der Waals surface area contributed by atoms with Gasteiger partial charge in [-0.2, -0.15) is 10.2 Å². The Balaban J connectivity index is 1.54. The standard InChI is InChI=1S/C31H33N9O4/c1-16(2)40-23-9-6-17(10-18(23)12-34-40)24-25-27-22(14-32-28(25)36-26(24)19-13-33-38(3)15-19)29(43-4)37-30(41)39(27)21-8-7-20(11-21)35-31(42)44-5/h6,9-10,12-16,20-21H,7-8,11H2,1-5H3,(H,35,42)(H,37,41)/t20-,21-/m1/s1. The van der Waals surface area contributed by atoms with Crippen LogP contribution in [-0.2, 0) is 11.8 Å². The average molecular weight is 596 g/mol. The van der Waals surface area contributed by atoms with Crippen LogP contribution in [0.5, 0.6) is 5.88 Å². The number of aromatic amines is 1. The molecule has 0 unspecified atom stereocenters. The van der Waals surface area contributed by atoms with E-state index in [1.807, 2.05) is 24.1 Å². The van der Waals surface area contributed by atoms with Gasteiger partial charge in [-0.1, -0.05) is 6.07 Å². The van der Waals surface area contributed by atoms with Gasteiger partial charge in [0.25, 0.3) is 0 Å². The highest BCUT2D eigenvalue weighted by molar-refractivity contribution is 6.15. The number of carbonyl (C=O) groups excluding carboxylic acids is 1. The smallest absolute Gasteiger partial charge is 0.407 e. The molecule has 1 amide bonds. The molecule has 7 rings (SSSR count). The molecule has 0 saturated heterocycles. The molecule has 0 radical (unpaired) electrons. The number of H-pyrrole nitrogens is 1. The molecule has 5 aromatic heterocycles. The van der Waals surface area contributed by atoms with Crippen LogP contribution in [0.1, 0.15) is 45.2 Å². The summed E-state index contributed by atoms with van der Waals surface area (Å²) in [5, 5.41) is 14.3. The molecular formula is C31H33N9O4. The summed E-state index contributed by atoms with van der Waals surface area (Å²) in [5.74, 6) is 0.321. The molecule has 1 aliphatic carbocycles. The number of ether oxygens (including phenoxy) is 2. The van der Waals surface area contributed by atoms with Crippen molar-refractivity contribution in [3.05, 3.63) is 53.5 Å². The van der Waals surface area contributed by atoms with Gasteiger partial charge in [0.2, 0.25) is 5.88 Å². The van der Waals surface area contributed by atoms with E-state index in [1.54, 1.807) is 21.6 Å². The van der Waals surface area contributed by atoms with E-state index in [0.717, 1.165) is 33.0 Å². The first-order valence-corrected chi connectivity index (χ1v) is 14.6. The van der Waals surface area contributed by atoms with E-state index in [1.165, 1.54) is 14.2 Å². The maximum atomic E-state index is 13.8. The van der Waals surface area contributed by atoms with Gasteiger partial charge in [-0.15, -0.1) is 0 Å². The molecular weight excluding hydrogens is 562 g/mol. The zero-order valence-electron chi connectivity index (χ0n) is 25.2. The van der Waals surface area contributed by atoms with Gasteiger partial charge in [0.05, 0.1) is 54.1 Å². The fourth-order valence-corrected chi connectivity index (χ4v) is 6.54. The van der Waals surface area contributed by atoms with Crippen LogP contribution in [0.2, 0.25) is 0 Å². The summed E-state index contributed by atoms with van der Waals surface area (Å²) in [6, 6.07) is 6.13. The Hall–Kier alpha value is -5.20. The molecule has 44 heavy (non-hydrogen) atoms. The lowest BCUT2D eigenvalue weighted by molar-refractivity contribution is 0.166. The Bertz CT molecular complexity index is 2120. The zero-order chi connectivity index (χ0) is 30.7. The molecule has 226 valence electrons. The summed E-state index contributed by atoms with van der Waals surface area (Å²) in [4.78, 5) is 38.5. The van der Waals surface area contributed by atoms with Gasteiger partial charge in [0, 0.05) is 54.1 Å². The van der Waals surface area contributed by atoms with Crippen LogP contribution in [-0.4, -0.2) is 65.4 Å². The van der Waals surface area contributed by atoms with Crippen LogP contribution < -0.4 is 15.7 Å². The highest BCUT2D eigenvalue weighted by atomic mass is 16.5. The van der Waals surface area contributed by atoms with Gasteiger partial charge in [-0.05, 0) is 50.8 Å². The van der Waals surface area contributed by atoms with Crippen LogP contribution in [0.4, 0.5) is 4.79 Å². The molecule has 0 aliphatic heterocycles. The lowest BCUT2D eigenvalue weighted by Gasteiger charge is -2.20. The highest BCUT2D eigenvalue weighted by Crippen LogP contribution is 2.44. The Morgan fingerprint density at radius 1 is 1.11 bits per heavy atom. The molecule has 5 heterocycles. The van der Waals surface area contributed by atoms with Crippen molar-refractivity contribution < 1.29 is 14.3 Å². The van der Waals surface area contributed by atoms with E-state index in [4.69, 9.17) is 19.4 Å². The van der Waals surface area contributed by atoms with Gasteiger partial charge in [-0.25, -0.2) is 19.6 Å². The molecule has 13 nitrogen and oxygen atoms in total. The first kappa shape index (κ1) is 27.6. The monoisotopic (exact) mass is 595 g/mol. The summed E-state index contributed by atoms with van der Waals surface area (Å²) in [7, 11) is 4.73. The normalized spacial score (nSPS) is 16.9. The van der Waals surface area contributed by atoms with Crippen LogP contribution >= 0.6 is 0 Å². The fourth-order valence-electron chi connectivity index (χ4n) is 6.54. The molecule has 1 aromatic carbocycles.